The molecule has 38 heavy (non-hydrogen) atoms. The maximum atomic E-state index is 14.0. The number of rotatable bonds is 7. The molecule has 2 aliphatic rings. The molecule has 2 heterocycles. The van der Waals surface area contributed by atoms with Gasteiger partial charge in [-0.15, -0.1) is 0 Å². The first-order valence-electron chi connectivity index (χ1n) is 12.2. The zero-order chi connectivity index (χ0) is 27.6. The number of urea groups is 1. The van der Waals surface area contributed by atoms with Gasteiger partial charge in [-0.05, 0) is 55.8 Å². The number of piperazine rings is 1. The highest BCUT2D eigenvalue weighted by Gasteiger charge is 2.39. The number of benzene rings is 2. The number of hydrogen-bond acceptors (Lipinski definition) is 6. The van der Waals surface area contributed by atoms with Crippen molar-refractivity contribution in [3.8, 4) is 0 Å². The van der Waals surface area contributed by atoms with E-state index in [2.05, 4.69) is 5.32 Å². The maximum absolute atomic E-state index is 14.0. The number of nitrogens with one attached hydrogen (secondary N) is 1. The third-order valence-electron chi connectivity index (χ3n) is 6.70. The molecule has 2 aromatic carbocycles. The molecule has 1 saturated heterocycles. The Kier molecular flexibility index (Phi) is 8.41. The predicted molar refractivity (Wildman–Crippen MR) is 140 cm³/mol. The molecule has 204 valence electrons. The Labute approximate surface area is 226 Å². The Morgan fingerprint density at radius 1 is 1.18 bits per heavy atom. The number of nitrogens with zero attached hydrogens (tertiary/aromatic N) is 3. The molecule has 2 aliphatic heterocycles. The summed E-state index contributed by atoms with van der Waals surface area (Å²) in [5, 5.41) is 3.22. The number of likely N-dealkylation sites (N-methyl/N-ethyl adjacent to an activating group) is 1. The fourth-order valence-corrected chi connectivity index (χ4v) is 6.54. The minimum atomic E-state index is -3.73. The van der Waals surface area contributed by atoms with E-state index in [4.69, 9.17) is 16.3 Å². The molecule has 2 aromatic rings. The number of hydrogen-bond donors (Lipinski definition) is 1. The third kappa shape index (κ3) is 5.70. The number of carbonyl (C=O) groups excluding carboxylic acids is 2. The summed E-state index contributed by atoms with van der Waals surface area (Å²) in [4.78, 5) is 29.5. The standard InChI is InChI=1S/C26H30ClFN4O5S/c1-4-37-25(33)23-22(30(3)26(34)29-24(23)18-6-5-7-20(28)14-18)16-31-12-13-32(17(2)15-31)38(35,36)21-10-8-19(27)9-11-21/h5-11,14,17,24H,4,12-13,15-16H2,1-3H3,(H,29,34). The van der Waals surface area contributed by atoms with Gasteiger partial charge in [-0.3, -0.25) is 9.80 Å². The molecular formula is C26H30ClFN4O5S. The molecule has 4 rings (SSSR count). The van der Waals surface area contributed by atoms with Crippen LogP contribution in [0.1, 0.15) is 25.5 Å². The van der Waals surface area contributed by atoms with E-state index < -0.39 is 33.9 Å². The van der Waals surface area contributed by atoms with E-state index in [0.29, 0.717) is 29.4 Å². The summed E-state index contributed by atoms with van der Waals surface area (Å²) in [7, 11) is -2.18. The first-order chi connectivity index (χ1) is 18.0. The number of esters is 1. The summed E-state index contributed by atoms with van der Waals surface area (Å²) >= 11 is 5.92. The van der Waals surface area contributed by atoms with Gasteiger partial charge in [0.15, 0.2) is 0 Å². The van der Waals surface area contributed by atoms with Crippen LogP contribution in [0.25, 0.3) is 0 Å². The SMILES string of the molecule is CCOC(=O)C1=C(CN2CCN(S(=O)(=O)c3ccc(Cl)cc3)C(C)C2)N(C)C(=O)NC1c1cccc(F)c1. The quantitative estimate of drug-likeness (QED) is 0.518. The first kappa shape index (κ1) is 28.0. The van der Waals surface area contributed by atoms with Crippen LogP contribution in [-0.2, 0) is 19.6 Å². The summed E-state index contributed by atoms with van der Waals surface area (Å²) in [5.41, 5.74) is 1.05. The highest BCUT2D eigenvalue weighted by atomic mass is 35.5. The Morgan fingerprint density at radius 2 is 1.89 bits per heavy atom. The molecule has 1 N–H and O–H groups in total. The largest absolute Gasteiger partial charge is 0.463 e. The van der Waals surface area contributed by atoms with Crippen molar-refractivity contribution >= 4 is 33.6 Å². The average molecular weight is 565 g/mol. The molecule has 0 radical (unpaired) electrons. The molecule has 9 nitrogen and oxygen atoms in total. The molecule has 0 bridgehead atoms. The lowest BCUT2D eigenvalue weighted by Crippen LogP contribution is -2.56. The molecule has 0 aliphatic carbocycles. The van der Waals surface area contributed by atoms with Crippen LogP contribution in [0.5, 0.6) is 0 Å². The van der Waals surface area contributed by atoms with Crippen LogP contribution in [0.3, 0.4) is 0 Å². The maximum Gasteiger partial charge on any atom is 0.338 e. The van der Waals surface area contributed by atoms with E-state index in [1.54, 1.807) is 20.0 Å². The highest BCUT2D eigenvalue weighted by molar-refractivity contribution is 7.89. The molecule has 12 heteroatoms. The summed E-state index contributed by atoms with van der Waals surface area (Å²) in [5.74, 6) is -1.10. The van der Waals surface area contributed by atoms with Gasteiger partial charge in [0.05, 0.1) is 23.1 Å². The smallest absolute Gasteiger partial charge is 0.338 e. The van der Waals surface area contributed by atoms with Crippen LogP contribution < -0.4 is 5.32 Å². The molecule has 1 fully saturated rings. The van der Waals surface area contributed by atoms with Gasteiger partial charge in [0.25, 0.3) is 0 Å². The number of ether oxygens (including phenoxy) is 1. The lowest BCUT2D eigenvalue weighted by molar-refractivity contribution is -0.139. The lowest BCUT2D eigenvalue weighted by atomic mass is 9.94. The van der Waals surface area contributed by atoms with Gasteiger partial charge in [-0.2, -0.15) is 4.31 Å². The zero-order valence-electron chi connectivity index (χ0n) is 21.4. The predicted octanol–water partition coefficient (Wildman–Crippen LogP) is 3.39. The van der Waals surface area contributed by atoms with Crippen LogP contribution in [-0.4, -0.2) is 80.4 Å². The lowest BCUT2D eigenvalue weighted by Gasteiger charge is -2.41. The van der Waals surface area contributed by atoms with Crippen LogP contribution in [0.15, 0.2) is 64.7 Å². The topological polar surface area (TPSA) is 99.3 Å². The van der Waals surface area contributed by atoms with Crippen LogP contribution in [0, 0.1) is 5.82 Å². The number of sulfonamides is 1. The minimum Gasteiger partial charge on any atom is -0.463 e. The summed E-state index contributed by atoms with van der Waals surface area (Å²) in [6, 6.07) is 10.0. The molecule has 2 unspecified atom stereocenters. The van der Waals surface area contributed by atoms with Crippen LogP contribution >= 0.6 is 11.6 Å². The van der Waals surface area contributed by atoms with Crippen molar-refractivity contribution < 1.29 is 27.1 Å². The highest BCUT2D eigenvalue weighted by Crippen LogP contribution is 2.32. The van der Waals surface area contributed by atoms with E-state index in [9.17, 15) is 22.4 Å². The van der Waals surface area contributed by atoms with Gasteiger partial charge in [0.2, 0.25) is 10.0 Å². The second-order valence-corrected chi connectivity index (χ2v) is 11.6. The van der Waals surface area contributed by atoms with Gasteiger partial charge in [-0.25, -0.2) is 22.4 Å². The zero-order valence-corrected chi connectivity index (χ0v) is 22.9. The minimum absolute atomic E-state index is 0.126. The molecular weight excluding hydrogens is 535 g/mol. The summed E-state index contributed by atoms with van der Waals surface area (Å²) < 4.78 is 47.3. The van der Waals surface area contributed by atoms with Crippen molar-refractivity contribution in [2.75, 3.05) is 39.8 Å². The van der Waals surface area contributed by atoms with Gasteiger partial charge >= 0.3 is 12.0 Å². The number of halogens is 2. The second-order valence-electron chi connectivity index (χ2n) is 9.23. The van der Waals surface area contributed by atoms with Crippen molar-refractivity contribution in [1.29, 1.82) is 0 Å². The summed E-state index contributed by atoms with van der Waals surface area (Å²) in [6.45, 7) is 4.78. The van der Waals surface area contributed by atoms with Crippen molar-refractivity contribution in [2.45, 2.75) is 30.8 Å². The number of amides is 2. The van der Waals surface area contributed by atoms with Crippen molar-refractivity contribution in [3.05, 3.63) is 76.2 Å². The van der Waals surface area contributed by atoms with Crippen LogP contribution in [0.2, 0.25) is 5.02 Å². The molecule has 0 saturated carbocycles. The van der Waals surface area contributed by atoms with Gasteiger partial charge in [-0.1, -0.05) is 23.7 Å². The van der Waals surface area contributed by atoms with Gasteiger partial charge < -0.3 is 10.1 Å². The average Bonchev–Trinajstić information content (AvgIpc) is 2.87. The Balaban J connectivity index is 1.62. The summed E-state index contributed by atoms with van der Waals surface area (Å²) in [6.07, 6.45) is 0. The first-order valence-corrected chi connectivity index (χ1v) is 14.0. The van der Waals surface area contributed by atoms with E-state index in [1.165, 1.54) is 51.7 Å². The molecule has 2 atom stereocenters. The van der Waals surface area contributed by atoms with Gasteiger partial charge in [0, 0.05) is 50.0 Å². The van der Waals surface area contributed by atoms with Crippen molar-refractivity contribution in [1.82, 2.24) is 19.4 Å². The monoisotopic (exact) mass is 564 g/mol. The van der Waals surface area contributed by atoms with Crippen LogP contribution in [0.4, 0.5) is 9.18 Å². The van der Waals surface area contributed by atoms with Crippen molar-refractivity contribution in [3.63, 3.8) is 0 Å². The fourth-order valence-electron chi connectivity index (χ4n) is 4.81. The van der Waals surface area contributed by atoms with Gasteiger partial charge in [0.1, 0.15) is 5.82 Å². The normalized spacial score (nSPS) is 21.4. The molecule has 0 spiro atoms. The Hall–Kier alpha value is -2.99. The molecule has 0 aromatic heterocycles. The van der Waals surface area contributed by atoms with E-state index in [0.717, 1.165) is 0 Å². The Bertz CT molecular complexity index is 1350. The fraction of sp³-hybridized carbons (Fsp3) is 0.385. The van der Waals surface area contributed by atoms with E-state index >= 15 is 0 Å². The second kappa shape index (κ2) is 11.4. The Morgan fingerprint density at radius 3 is 2.53 bits per heavy atom. The molecule has 2 amide bonds. The number of carbonyl (C=O) groups is 2. The third-order valence-corrected chi connectivity index (χ3v) is 8.98. The van der Waals surface area contributed by atoms with E-state index in [-0.39, 0.29) is 36.2 Å². The van der Waals surface area contributed by atoms with Crippen molar-refractivity contribution in [2.24, 2.45) is 0 Å². The van der Waals surface area contributed by atoms with E-state index in [1.807, 2.05) is 11.8 Å².